The maximum Gasteiger partial charge on any atom is 0.314 e. The molecule has 0 saturated carbocycles. The number of Topliss-reactive ketones (excluding diaryl/α,β-unsaturated/α-hetero) is 1. The van der Waals surface area contributed by atoms with Gasteiger partial charge in [0.1, 0.15) is 0 Å². The van der Waals surface area contributed by atoms with Gasteiger partial charge in [-0.1, -0.05) is 6.92 Å². The van der Waals surface area contributed by atoms with Gasteiger partial charge in [-0.25, -0.2) is 14.5 Å². The molecule has 25 heavy (non-hydrogen) atoms. The molecule has 0 bridgehead atoms. The highest BCUT2D eigenvalue weighted by molar-refractivity contribution is 6.07. The number of nitrogens with zero attached hydrogens (tertiary/aromatic N) is 4. The van der Waals surface area contributed by atoms with Crippen LogP contribution in [0.25, 0.3) is 11.0 Å². The molecule has 0 aliphatic carbocycles. The molecule has 3 heterocycles. The minimum atomic E-state index is -0.412. The number of amides is 2. The number of nitrogens with one attached hydrogen (secondary N) is 1. The Balaban J connectivity index is 1.98. The van der Waals surface area contributed by atoms with Crippen LogP contribution < -0.4 is 11.1 Å². The van der Waals surface area contributed by atoms with E-state index in [1.54, 1.807) is 22.0 Å². The van der Waals surface area contributed by atoms with Crippen LogP contribution in [0.3, 0.4) is 0 Å². The molecular formula is C17H24N6O2. The quantitative estimate of drug-likeness (QED) is 0.780. The van der Waals surface area contributed by atoms with Crippen LogP contribution in [-0.2, 0) is 6.54 Å². The maximum absolute atomic E-state index is 12.5. The van der Waals surface area contributed by atoms with E-state index in [2.05, 4.69) is 15.4 Å². The van der Waals surface area contributed by atoms with Crippen LogP contribution in [0.1, 0.15) is 43.5 Å². The molecule has 3 rings (SSSR count). The summed E-state index contributed by atoms with van der Waals surface area (Å²) in [4.78, 5) is 30.0. The zero-order valence-electron chi connectivity index (χ0n) is 14.7. The van der Waals surface area contributed by atoms with Gasteiger partial charge in [-0.05, 0) is 19.8 Å². The Bertz CT molecular complexity index is 800. The standard InChI is InChI=1S/C17H24N6O2/c1-3-5-14(24)12-8-19-16-13(9-20-23(16)4-2)15(12)21-11-6-7-22(10-11)17(18)25/h8-9,11H,3-7,10H2,1-2H3,(H2,18,25)(H,19,21)/t11-/m1/s1. The lowest BCUT2D eigenvalue weighted by Gasteiger charge is -2.18. The van der Waals surface area contributed by atoms with E-state index in [9.17, 15) is 9.59 Å². The highest BCUT2D eigenvalue weighted by Gasteiger charge is 2.27. The van der Waals surface area contributed by atoms with Gasteiger partial charge in [0, 0.05) is 38.3 Å². The SMILES string of the molecule is CCCC(=O)c1cnc2c(cnn2CC)c1N[C@@H]1CCN(C(N)=O)C1. The van der Waals surface area contributed by atoms with Crippen molar-refractivity contribution in [2.24, 2.45) is 5.73 Å². The molecule has 1 aliphatic rings. The predicted octanol–water partition coefficient (Wildman–Crippen LogP) is 2.00. The third kappa shape index (κ3) is 3.29. The average molecular weight is 344 g/mol. The first-order chi connectivity index (χ1) is 12.0. The number of rotatable bonds is 6. The summed E-state index contributed by atoms with van der Waals surface area (Å²) in [6.45, 7) is 5.83. The molecule has 1 saturated heterocycles. The monoisotopic (exact) mass is 344 g/mol. The molecule has 2 amide bonds. The van der Waals surface area contributed by atoms with Crippen LogP contribution in [0.4, 0.5) is 10.5 Å². The highest BCUT2D eigenvalue weighted by atomic mass is 16.2. The van der Waals surface area contributed by atoms with Gasteiger partial charge in [0.25, 0.3) is 0 Å². The molecular weight excluding hydrogens is 320 g/mol. The summed E-state index contributed by atoms with van der Waals surface area (Å²) in [5, 5.41) is 8.64. The average Bonchev–Trinajstić information content (AvgIpc) is 3.21. The largest absolute Gasteiger partial charge is 0.379 e. The fourth-order valence-corrected chi connectivity index (χ4v) is 3.27. The van der Waals surface area contributed by atoms with Crippen LogP contribution in [0, 0.1) is 0 Å². The minimum absolute atomic E-state index is 0.0521. The van der Waals surface area contributed by atoms with Gasteiger partial charge in [-0.2, -0.15) is 5.10 Å². The van der Waals surface area contributed by atoms with E-state index in [-0.39, 0.29) is 11.8 Å². The Morgan fingerprint density at radius 3 is 2.80 bits per heavy atom. The number of aryl methyl sites for hydroxylation is 1. The second kappa shape index (κ2) is 7.08. The molecule has 1 aliphatic heterocycles. The number of nitrogens with two attached hydrogens (primary N) is 1. The lowest BCUT2D eigenvalue weighted by Crippen LogP contribution is -2.35. The van der Waals surface area contributed by atoms with Crippen molar-refractivity contribution >= 4 is 28.5 Å². The molecule has 8 nitrogen and oxygen atoms in total. The Kier molecular flexibility index (Phi) is 4.87. The number of anilines is 1. The number of likely N-dealkylation sites (tertiary alicyclic amines) is 1. The molecule has 134 valence electrons. The van der Waals surface area contributed by atoms with E-state index < -0.39 is 6.03 Å². The number of ketones is 1. The topological polar surface area (TPSA) is 106 Å². The fourth-order valence-electron chi connectivity index (χ4n) is 3.27. The van der Waals surface area contributed by atoms with E-state index in [0.717, 1.165) is 29.6 Å². The lowest BCUT2D eigenvalue weighted by atomic mass is 10.0. The smallest absolute Gasteiger partial charge is 0.314 e. The first-order valence-corrected chi connectivity index (χ1v) is 8.73. The van der Waals surface area contributed by atoms with Gasteiger partial charge >= 0.3 is 6.03 Å². The molecule has 8 heteroatoms. The molecule has 0 aromatic carbocycles. The first-order valence-electron chi connectivity index (χ1n) is 8.73. The fraction of sp³-hybridized carbons (Fsp3) is 0.529. The van der Waals surface area contributed by atoms with E-state index in [1.165, 1.54) is 0 Å². The number of fused-ring (bicyclic) bond motifs is 1. The number of primary amides is 1. The van der Waals surface area contributed by atoms with Crippen molar-refractivity contribution in [3.8, 4) is 0 Å². The van der Waals surface area contributed by atoms with Gasteiger partial charge in [-0.3, -0.25) is 4.79 Å². The molecule has 0 spiro atoms. The summed E-state index contributed by atoms with van der Waals surface area (Å²) in [5.41, 5.74) is 7.47. The first kappa shape index (κ1) is 17.2. The molecule has 0 radical (unpaired) electrons. The number of urea groups is 1. The number of aromatic nitrogens is 3. The van der Waals surface area contributed by atoms with Crippen molar-refractivity contribution in [3.05, 3.63) is 18.0 Å². The van der Waals surface area contributed by atoms with Crippen LogP contribution in [0.2, 0.25) is 0 Å². The second-order valence-corrected chi connectivity index (χ2v) is 6.33. The normalized spacial score (nSPS) is 17.2. The molecule has 0 unspecified atom stereocenters. The zero-order valence-corrected chi connectivity index (χ0v) is 14.7. The number of carbonyl (C=O) groups excluding carboxylic acids is 2. The van der Waals surface area contributed by atoms with E-state index >= 15 is 0 Å². The van der Waals surface area contributed by atoms with E-state index in [1.807, 2.05) is 13.8 Å². The Morgan fingerprint density at radius 1 is 1.36 bits per heavy atom. The maximum atomic E-state index is 12.5. The molecule has 1 atom stereocenters. The molecule has 3 N–H and O–H groups in total. The Morgan fingerprint density at radius 2 is 2.16 bits per heavy atom. The van der Waals surface area contributed by atoms with Crippen molar-refractivity contribution in [1.82, 2.24) is 19.7 Å². The van der Waals surface area contributed by atoms with Crippen molar-refractivity contribution in [2.45, 2.75) is 45.7 Å². The van der Waals surface area contributed by atoms with Crippen molar-refractivity contribution < 1.29 is 9.59 Å². The van der Waals surface area contributed by atoms with Crippen LogP contribution >= 0.6 is 0 Å². The van der Waals surface area contributed by atoms with Crippen LogP contribution in [-0.4, -0.2) is 50.6 Å². The van der Waals surface area contributed by atoms with E-state index in [0.29, 0.717) is 31.6 Å². The third-order valence-corrected chi connectivity index (χ3v) is 4.59. The van der Waals surface area contributed by atoms with Gasteiger partial charge in [0.05, 0.1) is 22.8 Å². The van der Waals surface area contributed by atoms with Gasteiger partial charge in [-0.15, -0.1) is 0 Å². The molecule has 1 fully saturated rings. The number of hydrogen-bond acceptors (Lipinski definition) is 5. The summed E-state index contributed by atoms with van der Waals surface area (Å²) in [6, 6.07) is -0.360. The Hall–Kier alpha value is -2.64. The zero-order chi connectivity index (χ0) is 18.0. The summed E-state index contributed by atoms with van der Waals surface area (Å²) in [7, 11) is 0. The highest BCUT2D eigenvalue weighted by Crippen LogP contribution is 2.29. The third-order valence-electron chi connectivity index (χ3n) is 4.59. The van der Waals surface area contributed by atoms with Gasteiger partial charge in [0.2, 0.25) is 0 Å². The van der Waals surface area contributed by atoms with Crippen molar-refractivity contribution in [2.75, 3.05) is 18.4 Å². The lowest BCUT2D eigenvalue weighted by molar-refractivity contribution is 0.0982. The van der Waals surface area contributed by atoms with Gasteiger partial charge < -0.3 is 16.0 Å². The van der Waals surface area contributed by atoms with Crippen molar-refractivity contribution in [3.63, 3.8) is 0 Å². The number of pyridine rings is 1. The van der Waals surface area contributed by atoms with Crippen LogP contribution in [0.15, 0.2) is 12.4 Å². The van der Waals surface area contributed by atoms with Crippen LogP contribution in [0.5, 0.6) is 0 Å². The Labute approximate surface area is 146 Å². The van der Waals surface area contributed by atoms with Gasteiger partial charge in [0.15, 0.2) is 11.4 Å². The van der Waals surface area contributed by atoms with E-state index in [4.69, 9.17) is 5.73 Å². The molecule has 2 aromatic rings. The summed E-state index contributed by atoms with van der Waals surface area (Å²) >= 11 is 0. The summed E-state index contributed by atoms with van der Waals surface area (Å²) < 4.78 is 1.80. The summed E-state index contributed by atoms with van der Waals surface area (Å²) in [6.07, 6.45) is 5.43. The second-order valence-electron chi connectivity index (χ2n) is 6.33. The number of hydrogen-bond donors (Lipinski definition) is 2. The minimum Gasteiger partial charge on any atom is -0.379 e. The predicted molar refractivity (Wildman–Crippen MR) is 95.6 cm³/mol. The summed E-state index contributed by atoms with van der Waals surface area (Å²) in [5.74, 6) is 0.0633. The number of carbonyl (C=O) groups is 2. The molecule has 2 aromatic heterocycles. The van der Waals surface area contributed by atoms with Crippen molar-refractivity contribution in [1.29, 1.82) is 0 Å².